The second-order valence-corrected chi connectivity index (χ2v) is 2.93. The average molecular weight is 194 g/mol. The monoisotopic (exact) mass is 194 g/mol. The topological polar surface area (TPSA) is 99.4 Å². The standard InChI is InChI=1S/C7H14O6/c1-12-7-6(11)5(10)4(9)3(2-8)13-7/h3-11H,2H2,1H3/t3?,4-,5-,6?,7?/m0/s1. The Morgan fingerprint density at radius 3 is 2.23 bits per heavy atom. The minimum atomic E-state index is -1.36. The lowest BCUT2D eigenvalue weighted by Crippen LogP contribution is -2.58. The zero-order chi connectivity index (χ0) is 10.0. The fraction of sp³-hybridized carbons (Fsp3) is 1.00. The van der Waals surface area contributed by atoms with Crippen molar-refractivity contribution in [1.29, 1.82) is 0 Å². The first-order valence-corrected chi connectivity index (χ1v) is 3.95. The Kier molecular flexibility index (Phi) is 3.60. The zero-order valence-corrected chi connectivity index (χ0v) is 7.20. The molecule has 0 aromatic rings. The smallest absolute Gasteiger partial charge is 0.186 e. The number of aliphatic hydroxyl groups is 4. The van der Waals surface area contributed by atoms with Gasteiger partial charge in [0.25, 0.3) is 0 Å². The molecule has 1 rings (SSSR count). The minimum absolute atomic E-state index is 0.440. The van der Waals surface area contributed by atoms with Crippen LogP contribution in [0.25, 0.3) is 0 Å². The third-order valence-electron chi connectivity index (χ3n) is 2.08. The maximum absolute atomic E-state index is 9.28. The van der Waals surface area contributed by atoms with E-state index in [9.17, 15) is 15.3 Å². The van der Waals surface area contributed by atoms with Gasteiger partial charge in [0.05, 0.1) is 6.61 Å². The van der Waals surface area contributed by atoms with Gasteiger partial charge < -0.3 is 29.9 Å². The van der Waals surface area contributed by atoms with Gasteiger partial charge in [-0.15, -0.1) is 0 Å². The summed E-state index contributed by atoms with van der Waals surface area (Å²) in [5.74, 6) is 0. The van der Waals surface area contributed by atoms with Crippen molar-refractivity contribution in [2.75, 3.05) is 13.7 Å². The van der Waals surface area contributed by atoms with E-state index in [0.717, 1.165) is 0 Å². The van der Waals surface area contributed by atoms with Crippen LogP contribution in [0, 0.1) is 0 Å². The minimum Gasteiger partial charge on any atom is -0.394 e. The van der Waals surface area contributed by atoms with E-state index in [1.54, 1.807) is 0 Å². The van der Waals surface area contributed by atoms with E-state index in [1.165, 1.54) is 7.11 Å². The van der Waals surface area contributed by atoms with Gasteiger partial charge >= 0.3 is 0 Å². The molecule has 6 heteroatoms. The molecule has 0 aliphatic carbocycles. The van der Waals surface area contributed by atoms with E-state index < -0.39 is 37.3 Å². The zero-order valence-electron chi connectivity index (χ0n) is 7.20. The molecule has 0 bridgehead atoms. The van der Waals surface area contributed by atoms with Crippen molar-refractivity contribution in [3.05, 3.63) is 0 Å². The second kappa shape index (κ2) is 4.32. The lowest BCUT2D eigenvalue weighted by molar-refractivity contribution is -0.294. The Morgan fingerprint density at radius 1 is 1.15 bits per heavy atom. The number of methoxy groups -OCH3 is 1. The molecule has 0 amide bonds. The van der Waals surface area contributed by atoms with Crippen LogP contribution in [0.4, 0.5) is 0 Å². The highest BCUT2D eigenvalue weighted by molar-refractivity contribution is 4.88. The number of hydrogen-bond acceptors (Lipinski definition) is 6. The molecular formula is C7H14O6. The number of aliphatic hydroxyl groups excluding tert-OH is 4. The number of rotatable bonds is 2. The normalized spacial score (nSPS) is 46.4. The van der Waals surface area contributed by atoms with Crippen molar-refractivity contribution in [2.45, 2.75) is 30.7 Å². The van der Waals surface area contributed by atoms with Crippen LogP contribution >= 0.6 is 0 Å². The summed E-state index contributed by atoms with van der Waals surface area (Å²) in [6, 6.07) is 0. The van der Waals surface area contributed by atoms with Gasteiger partial charge in [-0.25, -0.2) is 0 Å². The van der Waals surface area contributed by atoms with Gasteiger partial charge in [-0.3, -0.25) is 0 Å². The van der Waals surface area contributed by atoms with E-state index >= 15 is 0 Å². The molecule has 78 valence electrons. The Morgan fingerprint density at radius 2 is 1.77 bits per heavy atom. The summed E-state index contributed by atoms with van der Waals surface area (Å²) in [6.07, 6.45) is -5.91. The lowest BCUT2D eigenvalue weighted by atomic mass is 9.99. The molecule has 1 heterocycles. The van der Waals surface area contributed by atoms with Gasteiger partial charge in [-0.2, -0.15) is 0 Å². The third-order valence-corrected chi connectivity index (χ3v) is 2.08. The Balaban J connectivity index is 2.66. The van der Waals surface area contributed by atoms with Crippen LogP contribution in [0.5, 0.6) is 0 Å². The highest BCUT2D eigenvalue weighted by Crippen LogP contribution is 2.20. The SMILES string of the molecule is COC1OC(CO)[C@H](O)[C@H](O)C1O. The van der Waals surface area contributed by atoms with Gasteiger partial charge in [0.1, 0.15) is 24.4 Å². The summed E-state index contributed by atoms with van der Waals surface area (Å²) in [5, 5.41) is 36.6. The summed E-state index contributed by atoms with van der Waals surface area (Å²) in [4.78, 5) is 0. The predicted octanol–water partition coefficient (Wildman–Crippen LogP) is -2.57. The Labute approximate surface area is 75.3 Å². The third kappa shape index (κ3) is 1.98. The molecule has 1 aliphatic rings. The van der Waals surface area contributed by atoms with Gasteiger partial charge in [0.2, 0.25) is 0 Å². The maximum Gasteiger partial charge on any atom is 0.186 e. The van der Waals surface area contributed by atoms with Gasteiger partial charge in [-0.05, 0) is 0 Å². The first-order valence-electron chi connectivity index (χ1n) is 3.95. The summed E-state index contributed by atoms with van der Waals surface area (Å²) in [7, 11) is 1.30. The number of hydrogen-bond donors (Lipinski definition) is 4. The lowest BCUT2D eigenvalue weighted by Gasteiger charge is -2.38. The van der Waals surface area contributed by atoms with E-state index in [0.29, 0.717) is 0 Å². The first-order chi connectivity index (χ1) is 6.11. The van der Waals surface area contributed by atoms with Crippen molar-refractivity contribution in [2.24, 2.45) is 0 Å². The van der Waals surface area contributed by atoms with Gasteiger partial charge in [0.15, 0.2) is 6.29 Å². The molecule has 4 N–H and O–H groups in total. The van der Waals surface area contributed by atoms with Crippen molar-refractivity contribution < 1.29 is 29.9 Å². The molecule has 3 unspecified atom stereocenters. The fourth-order valence-electron chi connectivity index (χ4n) is 1.26. The predicted molar refractivity (Wildman–Crippen MR) is 40.8 cm³/mol. The van der Waals surface area contributed by atoms with Crippen LogP contribution in [0.15, 0.2) is 0 Å². The molecule has 1 saturated heterocycles. The molecule has 13 heavy (non-hydrogen) atoms. The summed E-state index contributed by atoms with van der Waals surface area (Å²) in [6.45, 7) is -0.440. The largest absolute Gasteiger partial charge is 0.394 e. The van der Waals surface area contributed by atoms with Crippen molar-refractivity contribution in [1.82, 2.24) is 0 Å². The quantitative estimate of drug-likeness (QED) is 0.386. The summed E-state index contributed by atoms with van der Waals surface area (Å²) < 4.78 is 9.65. The molecule has 0 aromatic heterocycles. The fourth-order valence-corrected chi connectivity index (χ4v) is 1.26. The summed E-state index contributed by atoms with van der Waals surface area (Å²) >= 11 is 0. The molecule has 0 aromatic carbocycles. The first kappa shape index (κ1) is 10.8. The van der Waals surface area contributed by atoms with Crippen LogP contribution in [-0.2, 0) is 9.47 Å². The van der Waals surface area contributed by atoms with Crippen LogP contribution in [-0.4, -0.2) is 64.8 Å². The molecule has 1 fully saturated rings. The average Bonchev–Trinajstić information content (AvgIpc) is 2.15. The summed E-state index contributed by atoms with van der Waals surface area (Å²) in [5.41, 5.74) is 0. The maximum atomic E-state index is 9.28. The Hall–Kier alpha value is -0.240. The van der Waals surface area contributed by atoms with E-state index in [1.807, 2.05) is 0 Å². The highest BCUT2D eigenvalue weighted by Gasteiger charge is 2.43. The van der Waals surface area contributed by atoms with Gasteiger partial charge in [0, 0.05) is 7.11 Å². The molecule has 5 atom stereocenters. The van der Waals surface area contributed by atoms with Crippen molar-refractivity contribution in [3.8, 4) is 0 Å². The second-order valence-electron chi connectivity index (χ2n) is 2.93. The van der Waals surface area contributed by atoms with Crippen molar-refractivity contribution >= 4 is 0 Å². The molecule has 1 aliphatic heterocycles. The Bertz CT molecular complexity index is 143. The molecular weight excluding hydrogens is 180 g/mol. The van der Waals surface area contributed by atoms with Gasteiger partial charge in [-0.1, -0.05) is 0 Å². The van der Waals surface area contributed by atoms with Crippen molar-refractivity contribution in [3.63, 3.8) is 0 Å². The molecule has 6 nitrogen and oxygen atoms in total. The van der Waals surface area contributed by atoms with Crippen LogP contribution in [0.1, 0.15) is 0 Å². The number of ether oxygens (including phenoxy) is 2. The van der Waals surface area contributed by atoms with Crippen LogP contribution in [0.2, 0.25) is 0 Å². The van der Waals surface area contributed by atoms with E-state index in [-0.39, 0.29) is 0 Å². The highest BCUT2D eigenvalue weighted by atomic mass is 16.7. The van der Waals surface area contributed by atoms with E-state index in [4.69, 9.17) is 14.6 Å². The van der Waals surface area contributed by atoms with Crippen LogP contribution in [0.3, 0.4) is 0 Å². The van der Waals surface area contributed by atoms with E-state index in [2.05, 4.69) is 0 Å². The molecule has 0 saturated carbocycles. The molecule has 0 spiro atoms. The van der Waals surface area contributed by atoms with Crippen LogP contribution < -0.4 is 0 Å². The molecule has 0 radical (unpaired) electrons.